The van der Waals surface area contributed by atoms with Crippen LogP contribution >= 0.6 is 0 Å². The SMILES string of the molecule is CC(C)(C(=O)O)C(=O)O.[Cu]. The van der Waals surface area contributed by atoms with Gasteiger partial charge in [-0.1, -0.05) is 0 Å². The minimum absolute atomic E-state index is 0. The minimum Gasteiger partial charge on any atom is -0.480 e. The number of hydrogen-bond donors (Lipinski definition) is 2. The number of hydrogen-bond acceptors (Lipinski definition) is 2. The molecule has 0 rings (SSSR count). The normalized spacial score (nSPS) is 9.80. The van der Waals surface area contributed by atoms with Crippen molar-refractivity contribution in [2.24, 2.45) is 5.41 Å². The third-order valence-electron chi connectivity index (χ3n) is 1.07. The van der Waals surface area contributed by atoms with Gasteiger partial charge in [0.1, 0.15) is 0 Å². The summed E-state index contributed by atoms with van der Waals surface area (Å²) in [6, 6.07) is 0. The van der Waals surface area contributed by atoms with Gasteiger partial charge in [-0.25, -0.2) is 0 Å². The smallest absolute Gasteiger partial charge is 0.320 e. The van der Waals surface area contributed by atoms with Gasteiger partial charge in [0.2, 0.25) is 0 Å². The van der Waals surface area contributed by atoms with Crippen molar-refractivity contribution in [1.29, 1.82) is 0 Å². The summed E-state index contributed by atoms with van der Waals surface area (Å²) >= 11 is 0. The molecule has 10 heavy (non-hydrogen) atoms. The van der Waals surface area contributed by atoms with E-state index in [1.54, 1.807) is 0 Å². The van der Waals surface area contributed by atoms with E-state index >= 15 is 0 Å². The van der Waals surface area contributed by atoms with Gasteiger partial charge in [-0.15, -0.1) is 0 Å². The summed E-state index contributed by atoms with van der Waals surface area (Å²) in [6.45, 7) is 2.27. The zero-order chi connectivity index (χ0) is 7.65. The maximum absolute atomic E-state index is 10.1. The Balaban J connectivity index is 0. The molecule has 0 unspecified atom stereocenters. The third-order valence-corrected chi connectivity index (χ3v) is 1.07. The fourth-order valence-electron chi connectivity index (χ4n) is 0.0915. The first-order valence-corrected chi connectivity index (χ1v) is 2.36. The molecule has 63 valence electrons. The minimum atomic E-state index is -1.67. The second kappa shape index (κ2) is 3.58. The Labute approximate surface area is 68.7 Å². The van der Waals surface area contributed by atoms with Crippen molar-refractivity contribution in [3.05, 3.63) is 0 Å². The molecule has 5 heteroatoms. The van der Waals surface area contributed by atoms with Crippen molar-refractivity contribution in [2.45, 2.75) is 13.8 Å². The van der Waals surface area contributed by atoms with E-state index in [1.807, 2.05) is 0 Å². The van der Waals surface area contributed by atoms with Crippen molar-refractivity contribution in [3.63, 3.8) is 0 Å². The molecule has 0 bridgehead atoms. The van der Waals surface area contributed by atoms with E-state index in [9.17, 15) is 9.59 Å². The fourth-order valence-corrected chi connectivity index (χ4v) is 0.0915. The largest absolute Gasteiger partial charge is 0.480 e. The molecule has 0 heterocycles. The van der Waals surface area contributed by atoms with Crippen molar-refractivity contribution in [1.82, 2.24) is 0 Å². The monoisotopic (exact) mass is 195 g/mol. The van der Waals surface area contributed by atoms with Gasteiger partial charge in [0, 0.05) is 17.1 Å². The van der Waals surface area contributed by atoms with Crippen LogP contribution in [0.15, 0.2) is 0 Å². The number of carboxylic acid groups (broad SMARTS) is 2. The van der Waals surface area contributed by atoms with Crippen molar-refractivity contribution < 1.29 is 36.9 Å². The molecule has 0 aliphatic heterocycles. The predicted molar refractivity (Wildman–Crippen MR) is 29.1 cm³/mol. The van der Waals surface area contributed by atoms with Gasteiger partial charge in [0.15, 0.2) is 5.41 Å². The molecule has 1 radical (unpaired) electrons. The summed E-state index contributed by atoms with van der Waals surface area (Å²) in [5.74, 6) is -2.65. The number of aliphatic carboxylic acids is 2. The Hall–Kier alpha value is -0.541. The maximum atomic E-state index is 10.1. The zero-order valence-electron chi connectivity index (χ0n) is 5.51. The van der Waals surface area contributed by atoms with E-state index in [0.717, 1.165) is 13.8 Å². The Morgan fingerprint density at radius 1 is 1.10 bits per heavy atom. The van der Waals surface area contributed by atoms with E-state index in [0.29, 0.717) is 0 Å². The average Bonchev–Trinajstić information content (AvgIpc) is 1.65. The molecule has 0 spiro atoms. The first kappa shape index (κ1) is 12.2. The molecule has 0 aliphatic carbocycles. The topological polar surface area (TPSA) is 74.6 Å². The number of carbonyl (C=O) groups is 2. The average molecular weight is 196 g/mol. The van der Waals surface area contributed by atoms with Crippen LogP contribution in [0.3, 0.4) is 0 Å². The molecular weight excluding hydrogens is 188 g/mol. The van der Waals surface area contributed by atoms with Gasteiger partial charge in [-0.05, 0) is 13.8 Å². The van der Waals surface area contributed by atoms with Crippen LogP contribution in [-0.2, 0) is 26.7 Å². The van der Waals surface area contributed by atoms with Crippen LogP contribution in [0.1, 0.15) is 13.8 Å². The van der Waals surface area contributed by atoms with E-state index in [4.69, 9.17) is 10.2 Å². The van der Waals surface area contributed by atoms with Gasteiger partial charge in [-0.3, -0.25) is 9.59 Å². The van der Waals surface area contributed by atoms with Crippen LogP contribution in [0.2, 0.25) is 0 Å². The summed E-state index contributed by atoms with van der Waals surface area (Å²) < 4.78 is 0. The molecular formula is C5H8CuO4. The molecule has 0 aromatic rings. The Morgan fingerprint density at radius 3 is 1.30 bits per heavy atom. The van der Waals surface area contributed by atoms with E-state index in [2.05, 4.69) is 0 Å². The summed E-state index contributed by atoms with van der Waals surface area (Å²) in [6.07, 6.45) is 0. The molecule has 4 nitrogen and oxygen atoms in total. The van der Waals surface area contributed by atoms with Crippen LogP contribution in [-0.4, -0.2) is 22.2 Å². The van der Waals surface area contributed by atoms with Crippen LogP contribution < -0.4 is 0 Å². The maximum Gasteiger partial charge on any atom is 0.320 e. The molecule has 2 N–H and O–H groups in total. The van der Waals surface area contributed by atoms with Crippen LogP contribution in [0.25, 0.3) is 0 Å². The number of carboxylic acids is 2. The Bertz CT molecular complexity index is 136. The zero-order valence-corrected chi connectivity index (χ0v) is 6.45. The van der Waals surface area contributed by atoms with Gasteiger partial charge < -0.3 is 10.2 Å². The Morgan fingerprint density at radius 2 is 1.30 bits per heavy atom. The molecule has 0 amide bonds. The van der Waals surface area contributed by atoms with E-state index in [1.165, 1.54) is 0 Å². The quantitative estimate of drug-likeness (QED) is 0.487. The molecule has 0 aromatic heterocycles. The van der Waals surface area contributed by atoms with Gasteiger partial charge in [0.05, 0.1) is 0 Å². The van der Waals surface area contributed by atoms with Crippen molar-refractivity contribution in [3.8, 4) is 0 Å². The molecule has 0 aliphatic rings. The van der Waals surface area contributed by atoms with Crippen LogP contribution in [0.5, 0.6) is 0 Å². The van der Waals surface area contributed by atoms with Gasteiger partial charge in [0.25, 0.3) is 0 Å². The van der Waals surface area contributed by atoms with Gasteiger partial charge in [-0.2, -0.15) is 0 Å². The molecule has 0 saturated heterocycles. The standard InChI is InChI=1S/C5H8O4.Cu/c1-5(2,3(6)7)4(8)9;/h1-2H3,(H,6,7)(H,8,9);. The number of rotatable bonds is 2. The van der Waals surface area contributed by atoms with E-state index in [-0.39, 0.29) is 17.1 Å². The fraction of sp³-hybridized carbons (Fsp3) is 0.600. The first-order valence-electron chi connectivity index (χ1n) is 2.36. The van der Waals surface area contributed by atoms with Crippen LogP contribution in [0.4, 0.5) is 0 Å². The summed E-state index contributed by atoms with van der Waals surface area (Å²) in [5.41, 5.74) is -1.67. The molecule has 0 aromatic carbocycles. The second-order valence-electron chi connectivity index (χ2n) is 2.24. The van der Waals surface area contributed by atoms with E-state index < -0.39 is 17.4 Å². The van der Waals surface area contributed by atoms with Crippen molar-refractivity contribution in [2.75, 3.05) is 0 Å². The molecule has 0 saturated carbocycles. The molecule has 0 atom stereocenters. The summed E-state index contributed by atoms with van der Waals surface area (Å²) in [7, 11) is 0. The second-order valence-corrected chi connectivity index (χ2v) is 2.24. The third kappa shape index (κ3) is 2.37. The Kier molecular flexibility index (Phi) is 4.36. The summed E-state index contributed by atoms with van der Waals surface area (Å²) in [5, 5.41) is 16.5. The van der Waals surface area contributed by atoms with Crippen LogP contribution in [0, 0.1) is 5.41 Å². The first-order chi connectivity index (χ1) is 3.89. The van der Waals surface area contributed by atoms with Gasteiger partial charge >= 0.3 is 11.9 Å². The predicted octanol–water partition coefficient (Wildman–Crippen LogP) is 0.179. The van der Waals surface area contributed by atoms with Crippen molar-refractivity contribution >= 4 is 11.9 Å². The molecule has 0 fully saturated rings. The summed E-state index contributed by atoms with van der Waals surface area (Å²) in [4.78, 5) is 20.2.